The topological polar surface area (TPSA) is 59.1 Å². The molecule has 2 aliphatic rings. The third kappa shape index (κ3) is 3.46. The molecule has 0 saturated carbocycles. The minimum atomic E-state index is -0.357. The largest absolute Gasteiger partial charge is 0.497 e. The fourth-order valence-corrected chi connectivity index (χ4v) is 3.90. The van der Waals surface area contributed by atoms with Gasteiger partial charge in [0.1, 0.15) is 11.5 Å². The van der Waals surface area contributed by atoms with Gasteiger partial charge in [0.05, 0.1) is 25.5 Å². The molecular formula is C23H24N2O4. The summed E-state index contributed by atoms with van der Waals surface area (Å²) in [6, 6.07) is 12.3. The maximum Gasteiger partial charge on any atom is 0.267 e. The van der Waals surface area contributed by atoms with E-state index in [1.165, 1.54) is 18.4 Å². The smallest absolute Gasteiger partial charge is 0.267 e. The number of anilines is 1. The van der Waals surface area contributed by atoms with Crippen LogP contribution < -0.4 is 14.4 Å². The van der Waals surface area contributed by atoms with Crippen LogP contribution in [-0.4, -0.2) is 44.0 Å². The first-order valence-electron chi connectivity index (χ1n) is 9.80. The Balaban J connectivity index is 1.83. The third-order valence-corrected chi connectivity index (χ3v) is 5.41. The van der Waals surface area contributed by atoms with Gasteiger partial charge in [-0.05, 0) is 37.5 Å². The molecule has 0 bridgehead atoms. The number of hydrogen-bond acceptors (Lipinski definition) is 5. The van der Waals surface area contributed by atoms with Crippen molar-refractivity contribution in [1.82, 2.24) is 4.90 Å². The van der Waals surface area contributed by atoms with Gasteiger partial charge in [0.15, 0.2) is 0 Å². The molecule has 0 atom stereocenters. The molecule has 2 amide bonds. The SMILES string of the molecule is COc1ccc(N2C(=O)C(=CN3CCCCC3)c3ccccc3C2=O)c(OC)c1. The van der Waals surface area contributed by atoms with E-state index in [0.717, 1.165) is 25.9 Å². The van der Waals surface area contributed by atoms with Crippen LogP contribution in [0.3, 0.4) is 0 Å². The Morgan fingerprint density at radius 2 is 1.59 bits per heavy atom. The third-order valence-electron chi connectivity index (χ3n) is 5.41. The van der Waals surface area contributed by atoms with Crippen LogP contribution in [0.4, 0.5) is 5.69 Å². The molecule has 0 radical (unpaired) electrons. The fraction of sp³-hybridized carbons (Fsp3) is 0.304. The van der Waals surface area contributed by atoms with Gasteiger partial charge < -0.3 is 14.4 Å². The van der Waals surface area contributed by atoms with E-state index in [4.69, 9.17) is 9.47 Å². The number of ether oxygens (including phenoxy) is 2. The number of amides is 2. The Labute approximate surface area is 170 Å². The highest BCUT2D eigenvalue weighted by atomic mass is 16.5. The molecule has 6 heteroatoms. The molecule has 2 heterocycles. The summed E-state index contributed by atoms with van der Waals surface area (Å²) in [6.45, 7) is 1.83. The number of imide groups is 1. The second-order valence-corrected chi connectivity index (χ2v) is 7.17. The van der Waals surface area contributed by atoms with Crippen LogP contribution in [0.5, 0.6) is 11.5 Å². The van der Waals surface area contributed by atoms with Gasteiger partial charge in [0.25, 0.3) is 11.8 Å². The zero-order valence-corrected chi connectivity index (χ0v) is 16.7. The average Bonchev–Trinajstić information content (AvgIpc) is 2.77. The fourth-order valence-electron chi connectivity index (χ4n) is 3.90. The van der Waals surface area contributed by atoms with Crippen molar-refractivity contribution in [2.75, 3.05) is 32.2 Å². The first kappa shape index (κ1) is 19.1. The number of carbonyl (C=O) groups excluding carboxylic acids is 2. The molecule has 1 saturated heterocycles. The zero-order valence-electron chi connectivity index (χ0n) is 16.7. The Bertz CT molecular complexity index is 977. The molecule has 2 aromatic rings. The minimum absolute atomic E-state index is 0.345. The van der Waals surface area contributed by atoms with E-state index in [-0.39, 0.29) is 11.8 Å². The zero-order chi connectivity index (χ0) is 20.4. The number of nitrogens with zero attached hydrogens (tertiary/aromatic N) is 2. The van der Waals surface area contributed by atoms with Gasteiger partial charge in [-0.25, -0.2) is 4.90 Å². The molecule has 2 aliphatic heterocycles. The summed E-state index contributed by atoms with van der Waals surface area (Å²) in [5.41, 5.74) is 2.12. The van der Waals surface area contributed by atoms with Crippen molar-refractivity contribution in [3.63, 3.8) is 0 Å². The lowest BCUT2D eigenvalue weighted by Gasteiger charge is -2.32. The monoisotopic (exact) mass is 392 g/mol. The highest BCUT2D eigenvalue weighted by molar-refractivity contribution is 6.41. The minimum Gasteiger partial charge on any atom is -0.497 e. The van der Waals surface area contributed by atoms with E-state index in [9.17, 15) is 9.59 Å². The van der Waals surface area contributed by atoms with E-state index < -0.39 is 0 Å². The maximum atomic E-state index is 13.5. The normalized spacial score (nSPS) is 18.1. The molecule has 150 valence electrons. The van der Waals surface area contributed by atoms with Crippen molar-refractivity contribution in [2.45, 2.75) is 19.3 Å². The average molecular weight is 392 g/mol. The molecule has 0 spiro atoms. The number of rotatable bonds is 4. The van der Waals surface area contributed by atoms with Crippen LogP contribution in [0, 0.1) is 0 Å². The molecule has 4 rings (SSSR count). The van der Waals surface area contributed by atoms with Crippen molar-refractivity contribution < 1.29 is 19.1 Å². The van der Waals surface area contributed by atoms with Gasteiger partial charge in [0.2, 0.25) is 0 Å². The number of likely N-dealkylation sites (tertiary alicyclic amines) is 1. The van der Waals surface area contributed by atoms with Crippen LogP contribution in [0.25, 0.3) is 5.57 Å². The van der Waals surface area contributed by atoms with Crippen molar-refractivity contribution >= 4 is 23.1 Å². The van der Waals surface area contributed by atoms with Gasteiger partial charge in [-0.1, -0.05) is 18.2 Å². The van der Waals surface area contributed by atoms with Crippen molar-refractivity contribution in [1.29, 1.82) is 0 Å². The van der Waals surface area contributed by atoms with Crippen LogP contribution in [0.15, 0.2) is 48.7 Å². The summed E-state index contributed by atoms with van der Waals surface area (Å²) in [7, 11) is 3.07. The lowest BCUT2D eigenvalue weighted by atomic mass is 9.93. The highest BCUT2D eigenvalue weighted by Crippen LogP contribution is 2.38. The quantitative estimate of drug-likeness (QED) is 0.586. The molecule has 6 nitrogen and oxygen atoms in total. The maximum absolute atomic E-state index is 13.5. The van der Waals surface area contributed by atoms with Gasteiger partial charge in [-0.2, -0.15) is 0 Å². The molecule has 2 aromatic carbocycles. The van der Waals surface area contributed by atoms with E-state index in [1.54, 1.807) is 31.4 Å². The summed E-state index contributed by atoms with van der Waals surface area (Å²) >= 11 is 0. The molecule has 1 fully saturated rings. The van der Waals surface area contributed by atoms with E-state index >= 15 is 0 Å². The number of methoxy groups -OCH3 is 2. The Hall–Kier alpha value is -3.28. The summed E-state index contributed by atoms with van der Waals surface area (Å²) in [4.78, 5) is 30.2. The van der Waals surface area contributed by atoms with Crippen LogP contribution >= 0.6 is 0 Å². The van der Waals surface area contributed by atoms with Crippen molar-refractivity contribution in [2.24, 2.45) is 0 Å². The second-order valence-electron chi connectivity index (χ2n) is 7.17. The first-order valence-corrected chi connectivity index (χ1v) is 9.80. The molecule has 0 unspecified atom stereocenters. The van der Waals surface area contributed by atoms with Gasteiger partial charge >= 0.3 is 0 Å². The summed E-state index contributed by atoms with van der Waals surface area (Å²) in [5, 5.41) is 0. The number of hydrogen-bond donors (Lipinski definition) is 0. The standard InChI is InChI=1S/C23H24N2O4/c1-28-16-10-11-20(21(14-16)29-2)25-22(26)18-9-5-4-8-17(18)19(23(25)27)15-24-12-6-3-7-13-24/h4-5,8-11,14-15H,3,6-7,12-13H2,1-2H3. The van der Waals surface area contributed by atoms with Gasteiger partial charge in [-0.15, -0.1) is 0 Å². The van der Waals surface area contributed by atoms with Crippen LogP contribution in [0.1, 0.15) is 35.2 Å². The Morgan fingerprint density at radius 1 is 0.862 bits per heavy atom. The molecule has 0 aliphatic carbocycles. The lowest BCUT2D eigenvalue weighted by Crippen LogP contribution is -2.42. The number of carbonyl (C=O) groups is 2. The number of fused-ring (bicyclic) bond motifs is 1. The Morgan fingerprint density at radius 3 is 2.28 bits per heavy atom. The first-order chi connectivity index (χ1) is 14.1. The molecule has 29 heavy (non-hydrogen) atoms. The van der Waals surface area contributed by atoms with Crippen molar-refractivity contribution in [3.05, 3.63) is 59.8 Å². The summed E-state index contributed by atoms with van der Waals surface area (Å²) in [6.07, 6.45) is 5.33. The Kier molecular flexibility index (Phi) is 5.25. The summed E-state index contributed by atoms with van der Waals surface area (Å²) in [5.74, 6) is 0.294. The van der Waals surface area contributed by atoms with E-state index in [2.05, 4.69) is 4.90 Å². The number of piperidine rings is 1. The highest BCUT2D eigenvalue weighted by Gasteiger charge is 2.37. The molecule has 0 aromatic heterocycles. The van der Waals surface area contributed by atoms with Gasteiger partial charge in [0, 0.05) is 36.5 Å². The lowest BCUT2D eigenvalue weighted by molar-refractivity contribution is -0.112. The number of benzene rings is 2. The predicted molar refractivity (Wildman–Crippen MR) is 111 cm³/mol. The van der Waals surface area contributed by atoms with Crippen molar-refractivity contribution in [3.8, 4) is 11.5 Å². The van der Waals surface area contributed by atoms with Crippen LogP contribution in [0.2, 0.25) is 0 Å². The molecular weight excluding hydrogens is 368 g/mol. The van der Waals surface area contributed by atoms with Gasteiger partial charge in [-0.3, -0.25) is 9.59 Å². The molecule has 0 N–H and O–H groups in total. The van der Waals surface area contributed by atoms with E-state index in [0.29, 0.717) is 33.9 Å². The summed E-state index contributed by atoms with van der Waals surface area (Å²) < 4.78 is 10.7. The predicted octanol–water partition coefficient (Wildman–Crippen LogP) is 3.72. The van der Waals surface area contributed by atoms with E-state index in [1.807, 2.05) is 24.4 Å². The van der Waals surface area contributed by atoms with Crippen LogP contribution in [-0.2, 0) is 4.79 Å². The second kappa shape index (κ2) is 7.99.